The zero-order valence-electron chi connectivity index (χ0n) is 10.1. The van der Waals surface area contributed by atoms with Gasteiger partial charge in [-0.2, -0.15) is 0 Å². The van der Waals surface area contributed by atoms with Gasteiger partial charge in [0.2, 0.25) is 0 Å². The van der Waals surface area contributed by atoms with Crippen LogP contribution in [0.15, 0.2) is 12.1 Å². The second kappa shape index (κ2) is 5.37. The molecule has 1 aromatic carbocycles. The zero-order chi connectivity index (χ0) is 14.9. The van der Waals surface area contributed by atoms with Gasteiger partial charge in [-0.25, -0.2) is 13.6 Å². The minimum atomic E-state index is -1.24. The molecule has 1 N–H and O–H groups in total. The highest BCUT2D eigenvalue weighted by Crippen LogP contribution is 2.29. The molecular formula is C11H10F2N2O5. The second-order valence-corrected chi connectivity index (χ2v) is 4.16. The quantitative estimate of drug-likeness (QED) is 0.662. The maximum absolute atomic E-state index is 13.8. The van der Waals surface area contributed by atoms with Gasteiger partial charge in [-0.1, -0.05) is 0 Å². The monoisotopic (exact) mass is 288 g/mol. The highest BCUT2D eigenvalue weighted by Gasteiger charge is 2.30. The topological polar surface area (TPSA) is 92.9 Å². The summed E-state index contributed by atoms with van der Waals surface area (Å²) < 4.78 is 32.6. The van der Waals surface area contributed by atoms with Crippen LogP contribution in [0.3, 0.4) is 0 Å². The Morgan fingerprint density at radius 1 is 1.45 bits per heavy atom. The number of hydrogen-bond donors (Lipinski definition) is 1. The van der Waals surface area contributed by atoms with Crippen molar-refractivity contribution >= 4 is 17.3 Å². The van der Waals surface area contributed by atoms with Gasteiger partial charge in [0.25, 0.3) is 5.69 Å². The van der Waals surface area contributed by atoms with E-state index in [9.17, 15) is 23.7 Å². The molecule has 108 valence electrons. The summed E-state index contributed by atoms with van der Waals surface area (Å²) in [6.45, 7) is -0.150. The number of nitro groups is 1. The van der Waals surface area contributed by atoms with Crippen LogP contribution in [-0.4, -0.2) is 41.8 Å². The van der Waals surface area contributed by atoms with Crippen molar-refractivity contribution in [3.05, 3.63) is 33.9 Å². The standard InChI is InChI=1S/C11H10F2N2O5/c12-7-3-6(15(18)19)4-8(13)10(7)14-1-2-20-9(5-14)11(16)17/h3-4,9H,1-2,5H2,(H,16,17). The van der Waals surface area contributed by atoms with Crippen LogP contribution in [0.5, 0.6) is 0 Å². The molecule has 1 fully saturated rings. The van der Waals surface area contributed by atoms with Crippen molar-refractivity contribution in [3.8, 4) is 0 Å². The van der Waals surface area contributed by atoms with E-state index in [4.69, 9.17) is 9.84 Å². The van der Waals surface area contributed by atoms with E-state index >= 15 is 0 Å². The van der Waals surface area contributed by atoms with Crippen molar-refractivity contribution in [2.75, 3.05) is 24.6 Å². The Hall–Kier alpha value is -2.29. The van der Waals surface area contributed by atoms with E-state index in [1.165, 1.54) is 0 Å². The largest absolute Gasteiger partial charge is 0.479 e. The Labute approximate surface area is 111 Å². The SMILES string of the molecule is O=C(O)C1CN(c2c(F)cc([N+](=O)[O-])cc2F)CCO1. The van der Waals surface area contributed by atoms with Crippen LogP contribution in [0.1, 0.15) is 0 Å². The molecule has 0 amide bonds. The lowest BCUT2D eigenvalue weighted by atomic mass is 10.2. The van der Waals surface area contributed by atoms with E-state index in [-0.39, 0.29) is 19.7 Å². The number of morpholine rings is 1. The van der Waals surface area contributed by atoms with Gasteiger partial charge < -0.3 is 14.7 Å². The number of benzene rings is 1. The number of carboxylic acids is 1. The Morgan fingerprint density at radius 2 is 2.05 bits per heavy atom. The van der Waals surface area contributed by atoms with E-state index in [2.05, 4.69) is 0 Å². The van der Waals surface area contributed by atoms with Gasteiger partial charge in [0.1, 0.15) is 5.69 Å². The van der Waals surface area contributed by atoms with Gasteiger partial charge in [0.15, 0.2) is 17.7 Å². The molecule has 2 rings (SSSR count). The molecule has 0 aromatic heterocycles. The number of carbonyl (C=O) groups is 1. The lowest BCUT2D eigenvalue weighted by Crippen LogP contribution is -2.46. The van der Waals surface area contributed by atoms with Gasteiger partial charge in [-0.15, -0.1) is 0 Å². The van der Waals surface area contributed by atoms with Crippen LogP contribution in [0, 0.1) is 21.7 Å². The van der Waals surface area contributed by atoms with Crippen LogP contribution >= 0.6 is 0 Å². The zero-order valence-corrected chi connectivity index (χ0v) is 10.1. The first kappa shape index (κ1) is 14.1. The maximum Gasteiger partial charge on any atom is 0.334 e. The maximum atomic E-state index is 13.8. The van der Waals surface area contributed by atoms with Crippen LogP contribution in [0.2, 0.25) is 0 Å². The third kappa shape index (κ3) is 2.67. The molecule has 1 atom stereocenters. The Morgan fingerprint density at radius 3 is 2.55 bits per heavy atom. The average molecular weight is 288 g/mol. The molecule has 1 aliphatic rings. The van der Waals surface area contributed by atoms with Crippen LogP contribution in [0.4, 0.5) is 20.2 Å². The van der Waals surface area contributed by atoms with E-state index < -0.39 is 40.0 Å². The minimum Gasteiger partial charge on any atom is -0.479 e. The van der Waals surface area contributed by atoms with Crippen molar-refractivity contribution in [1.82, 2.24) is 0 Å². The fourth-order valence-electron chi connectivity index (χ4n) is 1.96. The summed E-state index contributed by atoms with van der Waals surface area (Å²) in [6.07, 6.45) is -1.20. The molecule has 1 saturated heterocycles. The van der Waals surface area contributed by atoms with Crippen molar-refractivity contribution < 1.29 is 28.3 Å². The summed E-state index contributed by atoms with van der Waals surface area (Å²) in [5.74, 6) is -3.46. The third-order valence-corrected chi connectivity index (χ3v) is 2.87. The van der Waals surface area contributed by atoms with Crippen molar-refractivity contribution in [2.45, 2.75) is 6.10 Å². The highest BCUT2D eigenvalue weighted by atomic mass is 19.1. The van der Waals surface area contributed by atoms with Gasteiger partial charge in [-0.05, 0) is 0 Å². The molecule has 0 bridgehead atoms. The van der Waals surface area contributed by atoms with Crippen LogP contribution in [-0.2, 0) is 9.53 Å². The normalized spacial score (nSPS) is 18.9. The summed E-state index contributed by atoms with van der Waals surface area (Å²) in [6, 6.07) is 1.20. The minimum absolute atomic E-state index is 0.00711. The van der Waals surface area contributed by atoms with Gasteiger partial charge in [0, 0.05) is 6.54 Å². The number of hydrogen-bond acceptors (Lipinski definition) is 5. The van der Waals surface area contributed by atoms with Gasteiger partial charge >= 0.3 is 5.97 Å². The van der Waals surface area contributed by atoms with Gasteiger partial charge in [0.05, 0.1) is 30.2 Å². The number of aliphatic carboxylic acids is 1. The molecule has 1 heterocycles. The van der Waals surface area contributed by atoms with E-state index in [0.29, 0.717) is 12.1 Å². The molecule has 0 aliphatic carbocycles. The number of ether oxygens (including phenoxy) is 1. The number of carboxylic acid groups (broad SMARTS) is 1. The summed E-state index contributed by atoms with van der Waals surface area (Å²) >= 11 is 0. The first-order valence-corrected chi connectivity index (χ1v) is 5.63. The predicted octanol–water partition coefficient (Wildman–Crippen LogP) is 1.16. The first-order valence-electron chi connectivity index (χ1n) is 5.63. The van der Waals surface area contributed by atoms with Crippen LogP contribution < -0.4 is 4.90 Å². The number of non-ortho nitro benzene ring substituents is 1. The molecule has 0 radical (unpaired) electrons. The third-order valence-electron chi connectivity index (χ3n) is 2.87. The van der Waals surface area contributed by atoms with Crippen molar-refractivity contribution in [2.24, 2.45) is 0 Å². The highest BCUT2D eigenvalue weighted by molar-refractivity contribution is 5.73. The number of anilines is 1. The predicted molar refractivity (Wildman–Crippen MR) is 62.6 cm³/mol. The van der Waals surface area contributed by atoms with E-state index in [0.717, 1.165) is 4.90 Å². The van der Waals surface area contributed by atoms with Gasteiger partial charge in [-0.3, -0.25) is 10.1 Å². The fourth-order valence-corrected chi connectivity index (χ4v) is 1.96. The Balaban J connectivity index is 2.33. The molecular weight excluding hydrogens is 278 g/mol. The van der Waals surface area contributed by atoms with Crippen molar-refractivity contribution in [1.29, 1.82) is 0 Å². The molecule has 7 nitrogen and oxygen atoms in total. The lowest BCUT2D eigenvalue weighted by Gasteiger charge is -2.32. The number of nitro benzene ring substituents is 1. The molecule has 1 aromatic rings. The molecule has 20 heavy (non-hydrogen) atoms. The van der Waals surface area contributed by atoms with E-state index in [1.54, 1.807) is 0 Å². The lowest BCUT2D eigenvalue weighted by molar-refractivity contribution is -0.385. The summed E-state index contributed by atoms with van der Waals surface area (Å²) in [7, 11) is 0. The van der Waals surface area contributed by atoms with Crippen LogP contribution in [0.25, 0.3) is 0 Å². The first-order chi connectivity index (χ1) is 9.40. The molecule has 1 aliphatic heterocycles. The summed E-state index contributed by atoms with van der Waals surface area (Å²) in [5, 5.41) is 19.3. The summed E-state index contributed by atoms with van der Waals surface area (Å²) in [4.78, 5) is 21.6. The second-order valence-electron chi connectivity index (χ2n) is 4.16. The molecule has 9 heteroatoms. The van der Waals surface area contributed by atoms with Crippen molar-refractivity contribution in [3.63, 3.8) is 0 Å². The molecule has 0 saturated carbocycles. The molecule has 0 spiro atoms. The summed E-state index contributed by atoms with van der Waals surface area (Å²) in [5.41, 5.74) is -1.18. The number of rotatable bonds is 3. The average Bonchev–Trinajstić information content (AvgIpc) is 2.38. The smallest absolute Gasteiger partial charge is 0.334 e. The molecule has 1 unspecified atom stereocenters. The fraction of sp³-hybridized carbons (Fsp3) is 0.364. The Kier molecular flexibility index (Phi) is 3.79. The number of halogens is 2. The number of nitrogens with zero attached hydrogens (tertiary/aromatic N) is 2. The Bertz CT molecular complexity index is 543. The van der Waals surface area contributed by atoms with E-state index in [1.807, 2.05) is 0 Å².